The van der Waals surface area contributed by atoms with E-state index in [4.69, 9.17) is 0 Å². The molecule has 19 heavy (non-hydrogen) atoms. The smallest absolute Gasteiger partial charge is 0.226 e. The lowest BCUT2D eigenvalue weighted by Gasteiger charge is -2.23. The van der Waals surface area contributed by atoms with Crippen molar-refractivity contribution in [1.29, 1.82) is 0 Å². The first-order chi connectivity index (χ1) is 9.33. The van der Waals surface area contributed by atoms with Crippen molar-refractivity contribution in [3.05, 3.63) is 0 Å². The monoisotopic (exact) mass is 262 g/mol. The zero-order chi connectivity index (χ0) is 12.8. The summed E-state index contributed by atoms with van der Waals surface area (Å²) in [5, 5.41) is 3.45. The van der Waals surface area contributed by atoms with Gasteiger partial charge in [-0.3, -0.25) is 4.79 Å². The molecule has 0 aromatic rings. The number of nitrogens with zero attached hydrogens (tertiary/aromatic N) is 1. The summed E-state index contributed by atoms with van der Waals surface area (Å²) >= 11 is 0. The number of hydrogen-bond donors (Lipinski definition) is 1. The molecule has 0 bridgehead atoms. The van der Waals surface area contributed by atoms with Crippen LogP contribution in [-0.2, 0) is 4.79 Å². The first-order valence-corrected chi connectivity index (χ1v) is 8.32. The largest absolute Gasteiger partial charge is 0.342 e. The van der Waals surface area contributed by atoms with Crippen LogP contribution in [0.5, 0.6) is 0 Å². The number of likely N-dealkylation sites (tertiary alicyclic amines) is 1. The molecule has 0 radical (unpaired) electrons. The van der Waals surface area contributed by atoms with Gasteiger partial charge in [0.2, 0.25) is 5.91 Å². The Hall–Kier alpha value is -0.570. The van der Waals surface area contributed by atoms with E-state index in [0.29, 0.717) is 11.8 Å². The third-order valence-corrected chi connectivity index (χ3v) is 6.11. The van der Waals surface area contributed by atoms with Crippen LogP contribution in [0.3, 0.4) is 0 Å². The van der Waals surface area contributed by atoms with E-state index in [1.54, 1.807) is 0 Å². The highest BCUT2D eigenvalue weighted by Crippen LogP contribution is 2.50. The number of carbonyl (C=O) groups excluding carboxylic acids is 1. The number of rotatable bonds is 2. The van der Waals surface area contributed by atoms with Gasteiger partial charge in [-0.25, -0.2) is 0 Å². The molecule has 3 nitrogen and oxygen atoms in total. The van der Waals surface area contributed by atoms with Crippen LogP contribution >= 0.6 is 0 Å². The molecule has 2 aliphatic heterocycles. The molecule has 106 valence electrons. The van der Waals surface area contributed by atoms with Crippen LogP contribution < -0.4 is 5.32 Å². The van der Waals surface area contributed by atoms with E-state index in [9.17, 15) is 4.79 Å². The molecule has 4 fully saturated rings. The lowest BCUT2D eigenvalue weighted by Crippen LogP contribution is -2.33. The summed E-state index contributed by atoms with van der Waals surface area (Å²) in [5.74, 6) is 4.05. The second kappa shape index (κ2) is 4.76. The van der Waals surface area contributed by atoms with Crippen LogP contribution in [0.1, 0.15) is 38.5 Å². The Labute approximate surface area is 116 Å². The Kier molecular flexibility index (Phi) is 3.06. The summed E-state index contributed by atoms with van der Waals surface area (Å²) in [6, 6.07) is 0. The molecule has 2 aliphatic carbocycles. The van der Waals surface area contributed by atoms with Crippen molar-refractivity contribution in [2.75, 3.05) is 26.2 Å². The van der Waals surface area contributed by atoms with Crippen LogP contribution in [0, 0.1) is 29.6 Å². The molecule has 0 spiro atoms. The maximum atomic E-state index is 12.6. The average molecular weight is 262 g/mol. The predicted molar refractivity (Wildman–Crippen MR) is 74.6 cm³/mol. The van der Waals surface area contributed by atoms with Gasteiger partial charge in [0.05, 0.1) is 0 Å². The van der Waals surface area contributed by atoms with Gasteiger partial charge in [0.25, 0.3) is 0 Å². The van der Waals surface area contributed by atoms with Gasteiger partial charge in [-0.15, -0.1) is 0 Å². The van der Waals surface area contributed by atoms with Gasteiger partial charge in [0.1, 0.15) is 0 Å². The van der Waals surface area contributed by atoms with Crippen molar-refractivity contribution in [3.8, 4) is 0 Å². The number of carbonyl (C=O) groups is 1. The number of nitrogens with one attached hydrogen (secondary N) is 1. The Balaban J connectivity index is 1.33. The van der Waals surface area contributed by atoms with Crippen LogP contribution in [0.2, 0.25) is 0 Å². The molecule has 2 saturated carbocycles. The third-order valence-electron chi connectivity index (χ3n) is 6.11. The first-order valence-electron chi connectivity index (χ1n) is 8.32. The summed E-state index contributed by atoms with van der Waals surface area (Å²) in [7, 11) is 0. The second-order valence-corrected chi connectivity index (χ2v) is 7.33. The van der Waals surface area contributed by atoms with Crippen molar-refractivity contribution in [1.82, 2.24) is 10.2 Å². The molecule has 2 heterocycles. The van der Waals surface area contributed by atoms with Crippen molar-refractivity contribution in [3.63, 3.8) is 0 Å². The van der Waals surface area contributed by atoms with Crippen molar-refractivity contribution in [2.45, 2.75) is 38.5 Å². The first kappa shape index (κ1) is 12.2. The SMILES string of the molecule is O=C(C1CC1C1CCCCC1)N1C[C@H]2CNC[C@H]2C1. The van der Waals surface area contributed by atoms with Gasteiger partial charge in [0.15, 0.2) is 0 Å². The Morgan fingerprint density at radius 3 is 2.32 bits per heavy atom. The predicted octanol–water partition coefficient (Wildman–Crippen LogP) is 1.88. The fourth-order valence-electron chi connectivity index (χ4n) is 4.85. The van der Waals surface area contributed by atoms with E-state index in [-0.39, 0.29) is 0 Å². The summed E-state index contributed by atoms with van der Waals surface area (Å²) in [6.07, 6.45) is 8.22. The minimum absolute atomic E-state index is 0.412. The van der Waals surface area contributed by atoms with Gasteiger partial charge >= 0.3 is 0 Å². The quantitative estimate of drug-likeness (QED) is 0.824. The number of fused-ring (bicyclic) bond motifs is 1. The highest BCUT2D eigenvalue weighted by atomic mass is 16.2. The van der Waals surface area contributed by atoms with Crippen LogP contribution in [-0.4, -0.2) is 37.0 Å². The summed E-state index contributed by atoms with van der Waals surface area (Å²) in [4.78, 5) is 14.8. The van der Waals surface area contributed by atoms with Gasteiger partial charge in [-0.1, -0.05) is 32.1 Å². The minimum atomic E-state index is 0.412. The summed E-state index contributed by atoms with van der Waals surface area (Å²) in [5.41, 5.74) is 0. The zero-order valence-electron chi connectivity index (χ0n) is 11.8. The molecule has 0 aromatic heterocycles. The molecular weight excluding hydrogens is 236 g/mol. The second-order valence-electron chi connectivity index (χ2n) is 7.33. The summed E-state index contributed by atoms with van der Waals surface area (Å²) < 4.78 is 0. The highest BCUT2D eigenvalue weighted by molar-refractivity contribution is 5.82. The Morgan fingerprint density at radius 2 is 1.63 bits per heavy atom. The third kappa shape index (κ3) is 2.20. The standard InChI is InChI=1S/C16H26N2O/c19-16(18-9-12-7-17-8-13(12)10-18)15-6-14(15)11-4-2-1-3-5-11/h11-15,17H,1-10H2/t12-,13+,14?,15?. The fraction of sp³-hybridized carbons (Fsp3) is 0.938. The molecule has 1 N–H and O–H groups in total. The van der Waals surface area contributed by atoms with E-state index in [1.807, 2.05) is 0 Å². The molecule has 2 unspecified atom stereocenters. The van der Waals surface area contributed by atoms with E-state index in [1.165, 1.54) is 38.5 Å². The Bertz CT molecular complexity index is 352. The van der Waals surface area contributed by atoms with E-state index < -0.39 is 0 Å². The normalized spacial score (nSPS) is 42.4. The topological polar surface area (TPSA) is 32.3 Å². The highest BCUT2D eigenvalue weighted by Gasteiger charge is 2.50. The maximum absolute atomic E-state index is 12.6. The average Bonchev–Trinajstić information content (AvgIpc) is 2.95. The summed E-state index contributed by atoms with van der Waals surface area (Å²) in [6.45, 7) is 4.32. The molecule has 2 saturated heterocycles. The Morgan fingerprint density at radius 1 is 0.947 bits per heavy atom. The maximum Gasteiger partial charge on any atom is 0.226 e. The molecule has 3 heteroatoms. The van der Waals surface area contributed by atoms with Crippen molar-refractivity contribution < 1.29 is 4.79 Å². The van der Waals surface area contributed by atoms with Crippen LogP contribution in [0.25, 0.3) is 0 Å². The minimum Gasteiger partial charge on any atom is -0.342 e. The zero-order valence-corrected chi connectivity index (χ0v) is 11.8. The van der Waals surface area contributed by atoms with Crippen molar-refractivity contribution in [2.24, 2.45) is 29.6 Å². The lowest BCUT2D eigenvalue weighted by molar-refractivity contribution is -0.132. The van der Waals surface area contributed by atoms with Crippen molar-refractivity contribution >= 4 is 5.91 Å². The molecule has 1 amide bonds. The molecule has 4 atom stereocenters. The van der Waals surface area contributed by atoms with Crippen LogP contribution in [0.4, 0.5) is 0 Å². The fourth-order valence-corrected chi connectivity index (χ4v) is 4.85. The van der Waals surface area contributed by atoms with Gasteiger partial charge < -0.3 is 10.2 Å². The molecular formula is C16H26N2O. The molecule has 4 aliphatic rings. The van der Waals surface area contributed by atoms with Gasteiger partial charge in [-0.2, -0.15) is 0 Å². The lowest BCUT2D eigenvalue weighted by atomic mass is 9.85. The van der Waals surface area contributed by atoms with Crippen LogP contribution in [0.15, 0.2) is 0 Å². The molecule has 0 aromatic carbocycles. The van der Waals surface area contributed by atoms with E-state index >= 15 is 0 Å². The molecule has 4 rings (SSSR count). The number of hydrogen-bond acceptors (Lipinski definition) is 2. The van der Waals surface area contributed by atoms with Gasteiger partial charge in [-0.05, 0) is 30.1 Å². The van der Waals surface area contributed by atoms with Gasteiger partial charge in [0, 0.05) is 32.1 Å². The van der Waals surface area contributed by atoms with E-state index in [0.717, 1.165) is 49.9 Å². The van der Waals surface area contributed by atoms with E-state index in [2.05, 4.69) is 10.2 Å². The number of amides is 1.